The summed E-state index contributed by atoms with van der Waals surface area (Å²) < 4.78 is 5.57. The van der Waals surface area contributed by atoms with Crippen molar-refractivity contribution < 1.29 is 9.53 Å². The van der Waals surface area contributed by atoms with Crippen LogP contribution in [0.25, 0.3) is 0 Å². The van der Waals surface area contributed by atoms with Gasteiger partial charge in [-0.05, 0) is 44.1 Å². The Hall–Kier alpha value is -1.95. The third kappa shape index (κ3) is 5.77. The van der Waals surface area contributed by atoms with Crippen LogP contribution < -0.4 is 15.8 Å². The molecule has 2 aromatic rings. The van der Waals surface area contributed by atoms with Gasteiger partial charge >= 0.3 is 0 Å². The van der Waals surface area contributed by atoms with Gasteiger partial charge in [0.1, 0.15) is 5.75 Å². The Kier molecular flexibility index (Phi) is 10.1. The van der Waals surface area contributed by atoms with Crippen LogP contribution in [0.2, 0.25) is 0 Å². The molecule has 1 unspecified atom stereocenters. The van der Waals surface area contributed by atoms with E-state index in [2.05, 4.69) is 16.3 Å². The van der Waals surface area contributed by atoms with Crippen molar-refractivity contribution in [2.75, 3.05) is 32.5 Å². The van der Waals surface area contributed by atoms with E-state index in [0.717, 1.165) is 24.4 Å². The first-order valence-corrected chi connectivity index (χ1v) is 9.20. The number of nitrogens with zero attached hydrogens (tertiary/aromatic N) is 1. The number of hydrogen-bond donors (Lipinski definition) is 2. The summed E-state index contributed by atoms with van der Waals surface area (Å²) in [5, 5.41) is 3.07. The van der Waals surface area contributed by atoms with E-state index < -0.39 is 0 Å². The Labute approximate surface area is 179 Å². The van der Waals surface area contributed by atoms with Crippen molar-refractivity contribution in [3.05, 3.63) is 59.7 Å². The van der Waals surface area contributed by atoms with Gasteiger partial charge in [-0.1, -0.05) is 36.8 Å². The van der Waals surface area contributed by atoms with Crippen LogP contribution in [0.5, 0.6) is 5.75 Å². The van der Waals surface area contributed by atoms with Crippen molar-refractivity contribution in [2.45, 2.75) is 25.3 Å². The fraction of sp³-hybridized carbons (Fsp3) is 0.381. The number of piperidine rings is 1. The summed E-state index contributed by atoms with van der Waals surface area (Å²) in [5.74, 6) is 0.719. The number of anilines is 1. The van der Waals surface area contributed by atoms with Gasteiger partial charge < -0.3 is 15.8 Å². The number of amides is 1. The lowest BCUT2D eigenvalue weighted by molar-refractivity contribution is 0.0924. The van der Waals surface area contributed by atoms with Gasteiger partial charge in [0, 0.05) is 17.8 Å². The molecule has 1 fully saturated rings. The topological polar surface area (TPSA) is 67.6 Å². The van der Waals surface area contributed by atoms with Gasteiger partial charge in [-0.3, -0.25) is 9.69 Å². The highest BCUT2D eigenvalue weighted by Crippen LogP contribution is 2.31. The van der Waals surface area contributed by atoms with Gasteiger partial charge in [0.05, 0.1) is 18.7 Å². The lowest BCUT2D eigenvalue weighted by Gasteiger charge is -2.35. The normalized spacial score (nSPS) is 14.9. The second-order valence-electron chi connectivity index (χ2n) is 6.65. The number of para-hydroxylation sites is 2. The third-order valence-corrected chi connectivity index (χ3v) is 4.99. The summed E-state index contributed by atoms with van der Waals surface area (Å²) >= 11 is 0. The average molecular weight is 426 g/mol. The Morgan fingerprint density at radius 2 is 1.71 bits per heavy atom. The molecule has 1 amide bonds. The molecule has 1 atom stereocenters. The van der Waals surface area contributed by atoms with Crippen LogP contribution in [0, 0.1) is 0 Å². The Balaban J connectivity index is 0.00000196. The van der Waals surface area contributed by atoms with Gasteiger partial charge in [-0.15, -0.1) is 24.8 Å². The van der Waals surface area contributed by atoms with Gasteiger partial charge in [0.25, 0.3) is 5.91 Å². The molecule has 0 spiro atoms. The van der Waals surface area contributed by atoms with Crippen molar-refractivity contribution in [1.29, 1.82) is 0 Å². The summed E-state index contributed by atoms with van der Waals surface area (Å²) in [5.41, 5.74) is 8.06. The number of ether oxygens (including phenoxy) is 1. The molecule has 1 saturated heterocycles. The molecule has 0 aliphatic carbocycles. The molecule has 154 valence electrons. The Bertz CT molecular complexity index is 752. The van der Waals surface area contributed by atoms with E-state index >= 15 is 0 Å². The molecular weight excluding hydrogens is 397 g/mol. The molecule has 1 aliphatic rings. The van der Waals surface area contributed by atoms with Crippen LogP contribution >= 0.6 is 24.8 Å². The molecule has 7 heteroatoms. The molecular formula is C21H29Cl2N3O2. The average Bonchev–Trinajstić information content (AvgIpc) is 2.69. The second kappa shape index (κ2) is 11.8. The maximum atomic E-state index is 12.6. The van der Waals surface area contributed by atoms with E-state index in [1.807, 2.05) is 30.3 Å². The SMILES string of the molecule is COc1ccccc1C(CNC(=O)c1ccccc1N)N1CCCCC1.Cl.Cl. The maximum absolute atomic E-state index is 12.6. The number of benzene rings is 2. The van der Waals surface area contributed by atoms with Crippen molar-refractivity contribution in [2.24, 2.45) is 0 Å². The predicted octanol–water partition coefficient (Wildman–Crippen LogP) is 4.08. The summed E-state index contributed by atoms with van der Waals surface area (Å²) in [6.07, 6.45) is 3.64. The van der Waals surface area contributed by atoms with E-state index in [4.69, 9.17) is 10.5 Å². The van der Waals surface area contributed by atoms with Gasteiger partial charge in [0.15, 0.2) is 0 Å². The zero-order valence-electron chi connectivity index (χ0n) is 16.1. The van der Waals surface area contributed by atoms with Gasteiger partial charge in [0.2, 0.25) is 0 Å². The number of likely N-dealkylation sites (tertiary alicyclic amines) is 1. The summed E-state index contributed by atoms with van der Waals surface area (Å²) in [4.78, 5) is 15.0. The number of rotatable bonds is 6. The summed E-state index contributed by atoms with van der Waals surface area (Å²) in [6, 6.07) is 15.3. The van der Waals surface area contributed by atoms with E-state index in [1.54, 1.807) is 19.2 Å². The van der Waals surface area contributed by atoms with Crippen LogP contribution in [-0.2, 0) is 0 Å². The van der Waals surface area contributed by atoms with Crippen molar-refractivity contribution >= 4 is 36.4 Å². The molecule has 1 heterocycles. The zero-order valence-corrected chi connectivity index (χ0v) is 17.7. The van der Waals surface area contributed by atoms with Gasteiger partial charge in [-0.2, -0.15) is 0 Å². The highest BCUT2D eigenvalue weighted by Gasteiger charge is 2.25. The fourth-order valence-electron chi connectivity index (χ4n) is 3.60. The van der Waals surface area contributed by atoms with Crippen molar-refractivity contribution in [3.63, 3.8) is 0 Å². The number of hydrogen-bond acceptors (Lipinski definition) is 4. The highest BCUT2D eigenvalue weighted by molar-refractivity contribution is 5.99. The Morgan fingerprint density at radius 3 is 2.39 bits per heavy atom. The number of nitrogens with two attached hydrogens (primary N) is 1. The highest BCUT2D eigenvalue weighted by atomic mass is 35.5. The van der Waals surface area contributed by atoms with Crippen LogP contribution in [0.4, 0.5) is 5.69 Å². The zero-order chi connectivity index (χ0) is 18.4. The molecule has 3 N–H and O–H groups in total. The minimum atomic E-state index is -0.139. The van der Waals surface area contributed by atoms with Crippen LogP contribution in [0.3, 0.4) is 0 Å². The summed E-state index contributed by atoms with van der Waals surface area (Å²) in [6.45, 7) is 2.59. The molecule has 1 aliphatic heterocycles. The Morgan fingerprint density at radius 1 is 1.07 bits per heavy atom. The third-order valence-electron chi connectivity index (χ3n) is 4.99. The van der Waals surface area contributed by atoms with Crippen LogP contribution in [0.1, 0.15) is 41.2 Å². The van der Waals surface area contributed by atoms with E-state index in [-0.39, 0.29) is 36.8 Å². The number of nitrogen functional groups attached to an aromatic ring is 1. The fourth-order valence-corrected chi connectivity index (χ4v) is 3.60. The smallest absolute Gasteiger partial charge is 0.253 e. The lowest BCUT2D eigenvalue weighted by atomic mass is 10.0. The quantitative estimate of drug-likeness (QED) is 0.684. The van der Waals surface area contributed by atoms with Crippen LogP contribution in [0.15, 0.2) is 48.5 Å². The van der Waals surface area contributed by atoms with Gasteiger partial charge in [-0.25, -0.2) is 0 Å². The molecule has 3 rings (SSSR count). The molecule has 0 radical (unpaired) electrons. The molecule has 0 bridgehead atoms. The van der Waals surface area contributed by atoms with Crippen molar-refractivity contribution in [3.8, 4) is 5.75 Å². The van der Waals surface area contributed by atoms with E-state index in [1.165, 1.54) is 19.3 Å². The van der Waals surface area contributed by atoms with E-state index in [0.29, 0.717) is 17.8 Å². The van der Waals surface area contributed by atoms with E-state index in [9.17, 15) is 4.79 Å². The van der Waals surface area contributed by atoms with Crippen LogP contribution in [-0.4, -0.2) is 37.6 Å². The summed E-state index contributed by atoms with van der Waals surface area (Å²) in [7, 11) is 1.69. The first-order chi connectivity index (χ1) is 12.7. The molecule has 0 saturated carbocycles. The molecule has 2 aromatic carbocycles. The van der Waals surface area contributed by atoms with Crippen molar-refractivity contribution in [1.82, 2.24) is 10.2 Å². The minimum Gasteiger partial charge on any atom is -0.496 e. The number of methoxy groups -OCH3 is 1. The standard InChI is InChI=1S/C21H27N3O2.2ClH/c1-26-20-12-6-4-10-17(20)19(24-13-7-2-8-14-24)15-23-21(25)16-9-3-5-11-18(16)22;;/h3-6,9-12,19H,2,7-8,13-15,22H2,1H3,(H,23,25);2*1H. The molecule has 28 heavy (non-hydrogen) atoms. The minimum absolute atomic E-state index is 0. The molecule has 0 aromatic heterocycles. The molecule has 5 nitrogen and oxygen atoms in total. The first-order valence-electron chi connectivity index (χ1n) is 9.20. The number of carbonyl (C=O) groups excluding carboxylic acids is 1. The number of halogens is 2. The first kappa shape index (κ1) is 24.1. The predicted molar refractivity (Wildman–Crippen MR) is 119 cm³/mol. The monoisotopic (exact) mass is 425 g/mol. The largest absolute Gasteiger partial charge is 0.496 e. The number of nitrogens with one attached hydrogen (secondary N) is 1. The maximum Gasteiger partial charge on any atom is 0.253 e. The second-order valence-corrected chi connectivity index (χ2v) is 6.65. The number of carbonyl (C=O) groups is 1. The lowest BCUT2D eigenvalue weighted by Crippen LogP contribution is -2.40.